The number of ether oxygens (including phenoxy) is 1. The lowest BCUT2D eigenvalue weighted by atomic mass is 9.63. The van der Waals surface area contributed by atoms with Crippen molar-refractivity contribution in [1.29, 1.82) is 0 Å². The predicted molar refractivity (Wildman–Crippen MR) is 85.4 cm³/mol. The van der Waals surface area contributed by atoms with Gasteiger partial charge in [-0.25, -0.2) is 9.59 Å². The maximum absolute atomic E-state index is 12.3. The molecular formula is C19H22O5. The Balaban J connectivity index is 1.85. The molecule has 2 fully saturated rings. The molecule has 2 bridgehead atoms. The van der Waals surface area contributed by atoms with Crippen LogP contribution in [0.5, 0.6) is 0 Å². The fourth-order valence-corrected chi connectivity index (χ4v) is 5.46. The van der Waals surface area contributed by atoms with Crippen LogP contribution >= 0.6 is 0 Å². The Bertz CT molecular complexity index is 767. The molecule has 0 saturated heterocycles. The van der Waals surface area contributed by atoms with E-state index in [4.69, 9.17) is 4.74 Å². The van der Waals surface area contributed by atoms with Gasteiger partial charge in [-0.15, -0.1) is 0 Å². The summed E-state index contributed by atoms with van der Waals surface area (Å²) in [4.78, 5) is 23.6. The molecule has 1 heterocycles. The number of carboxylic acid groups (broad SMARTS) is 1. The van der Waals surface area contributed by atoms with Gasteiger partial charge in [0, 0.05) is 11.5 Å². The van der Waals surface area contributed by atoms with Crippen molar-refractivity contribution in [2.45, 2.75) is 45.8 Å². The van der Waals surface area contributed by atoms with Gasteiger partial charge >= 0.3 is 11.9 Å². The first kappa shape index (κ1) is 15.6. The molecule has 24 heavy (non-hydrogen) atoms. The van der Waals surface area contributed by atoms with Crippen LogP contribution in [0.4, 0.5) is 0 Å². The van der Waals surface area contributed by atoms with Gasteiger partial charge in [-0.2, -0.15) is 0 Å². The Morgan fingerprint density at radius 1 is 1.29 bits per heavy atom. The third-order valence-electron chi connectivity index (χ3n) is 7.39. The SMILES string of the molecule is CC1(C)[C@@H]2CC[C@]1(C)[C@@H](C1(O)OC(=O)c3ccc(C(=O)O)cc31)C2. The minimum atomic E-state index is -1.74. The van der Waals surface area contributed by atoms with Gasteiger partial charge in [0.2, 0.25) is 5.79 Å². The number of carbonyl (C=O) groups excluding carboxylic acids is 1. The van der Waals surface area contributed by atoms with Gasteiger partial charge in [0.1, 0.15) is 0 Å². The molecule has 3 aliphatic rings. The molecule has 4 atom stereocenters. The molecular weight excluding hydrogens is 308 g/mol. The molecule has 1 aromatic carbocycles. The molecule has 0 amide bonds. The molecule has 2 N–H and O–H groups in total. The highest BCUT2D eigenvalue weighted by Gasteiger charge is 2.69. The van der Waals surface area contributed by atoms with Crippen LogP contribution in [0, 0.1) is 22.7 Å². The van der Waals surface area contributed by atoms with E-state index in [9.17, 15) is 19.8 Å². The third-order valence-corrected chi connectivity index (χ3v) is 7.39. The van der Waals surface area contributed by atoms with E-state index >= 15 is 0 Å². The predicted octanol–water partition coefficient (Wildman–Crippen LogP) is 3.16. The summed E-state index contributed by atoms with van der Waals surface area (Å²) in [7, 11) is 0. The van der Waals surface area contributed by atoms with Crippen molar-refractivity contribution in [3.63, 3.8) is 0 Å². The summed E-state index contributed by atoms with van der Waals surface area (Å²) in [6, 6.07) is 4.21. The number of hydrogen-bond acceptors (Lipinski definition) is 4. The highest BCUT2D eigenvalue weighted by Crippen LogP contribution is 2.71. The van der Waals surface area contributed by atoms with Crippen LogP contribution in [0.1, 0.15) is 66.3 Å². The minimum absolute atomic E-state index is 0.0486. The Labute approximate surface area is 140 Å². The van der Waals surface area contributed by atoms with Crippen molar-refractivity contribution in [2.24, 2.45) is 22.7 Å². The van der Waals surface area contributed by atoms with Crippen molar-refractivity contribution in [3.05, 3.63) is 34.9 Å². The smallest absolute Gasteiger partial charge is 0.341 e. The molecule has 1 aromatic rings. The van der Waals surface area contributed by atoms with Gasteiger partial charge in [0.25, 0.3) is 0 Å². The first-order valence-corrected chi connectivity index (χ1v) is 8.45. The lowest BCUT2D eigenvalue weighted by Gasteiger charge is -2.44. The van der Waals surface area contributed by atoms with Crippen LogP contribution in [0.3, 0.4) is 0 Å². The fraction of sp³-hybridized carbons (Fsp3) is 0.579. The van der Waals surface area contributed by atoms with E-state index in [0.29, 0.717) is 11.5 Å². The number of hydrogen-bond donors (Lipinski definition) is 2. The molecule has 5 heteroatoms. The van der Waals surface area contributed by atoms with E-state index in [1.54, 1.807) is 0 Å². The summed E-state index contributed by atoms with van der Waals surface area (Å²) in [5.41, 5.74) is 0.521. The van der Waals surface area contributed by atoms with Gasteiger partial charge in [0.05, 0.1) is 11.1 Å². The van der Waals surface area contributed by atoms with Crippen LogP contribution in [-0.2, 0) is 10.5 Å². The Morgan fingerprint density at radius 3 is 2.54 bits per heavy atom. The second-order valence-corrected chi connectivity index (χ2v) is 8.31. The number of aromatic carboxylic acids is 1. The second kappa shape index (κ2) is 4.39. The molecule has 1 aliphatic heterocycles. The molecule has 4 rings (SSSR count). The summed E-state index contributed by atoms with van der Waals surface area (Å²) in [6.45, 7) is 6.61. The highest BCUT2D eigenvalue weighted by molar-refractivity contribution is 5.97. The van der Waals surface area contributed by atoms with Gasteiger partial charge < -0.3 is 14.9 Å². The number of carbonyl (C=O) groups is 2. The van der Waals surface area contributed by atoms with Gasteiger partial charge in [0.15, 0.2) is 0 Å². The average molecular weight is 330 g/mol. The largest absolute Gasteiger partial charge is 0.478 e. The van der Waals surface area contributed by atoms with Crippen LogP contribution in [-0.4, -0.2) is 22.2 Å². The van der Waals surface area contributed by atoms with Crippen molar-refractivity contribution in [2.75, 3.05) is 0 Å². The molecule has 0 spiro atoms. The van der Waals surface area contributed by atoms with E-state index in [-0.39, 0.29) is 27.9 Å². The number of rotatable bonds is 2. The number of benzene rings is 1. The Kier molecular flexibility index (Phi) is 2.86. The lowest BCUT2D eigenvalue weighted by Crippen LogP contribution is -2.45. The molecule has 2 aliphatic carbocycles. The summed E-state index contributed by atoms with van der Waals surface area (Å²) in [6.07, 6.45) is 2.87. The molecule has 5 nitrogen and oxygen atoms in total. The van der Waals surface area contributed by atoms with Crippen LogP contribution in [0.2, 0.25) is 0 Å². The molecule has 0 radical (unpaired) electrons. The number of aliphatic hydroxyl groups is 1. The van der Waals surface area contributed by atoms with E-state index < -0.39 is 17.7 Å². The maximum atomic E-state index is 12.3. The molecule has 2 saturated carbocycles. The van der Waals surface area contributed by atoms with Gasteiger partial charge in [-0.1, -0.05) is 20.8 Å². The van der Waals surface area contributed by atoms with Crippen LogP contribution in [0.15, 0.2) is 18.2 Å². The summed E-state index contributed by atoms with van der Waals surface area (Å²) in [5, 5.41) is 20.7. The average Bonchev–Trinajstić information content (AvgIpc) is 2.99. The van der Waals surface area contributed by atoms with E-state index in [1.807, 2.05) is 0 Å². The zero-order valence-electron chi connectivity index (χ0n) is 14.1. The second-order valence-electron chi connectivity index (χ2n) is 8.31. The highest BCUT2D eigenvalue weighted by atomic mass is 16.7. The quantitative estimate of drug-likeness (QED) is 0.814. The Morgan fingerprint density at radius 2 is 2.00 bits per heavy atom. The van der Waals surface area contributed by atoms with Crippen LogP contribution < -0.4 is 0 Å². The topological polar surface area (TPSA) is 83.8 Å². The molecule has 1 unspecified atom stereocenters. The fourth-order valence-electron chi connectivity index (χ4n) is 5.46. The summed E-state index contributed by atoms with van der Waals surface area (Å²) < 4.78 is 5.47. The number of cyclic esters (lactones) is 1. The first-order valence-electron chi connectivity index (χ1n) is 8.45. The van der Waals surface area contributed by atoms with Crippen molar-refractivity contribution < 1.29 is 24.5 Å². The maximum Gasteiger partial charge on any atom is 0.341 e. The van der Waals surface area contributed by atoms with E-state index in [1.165, 1.54) is 18.2 Å². The molecule has 128 valence electrons. The normalized spacial score (nSPS) is 38.9. The number of carboxylic acids is 1. The van der Waals surface area contributed by atoms with E-state index in [2.05, 4.69) is 20.8 Å². The van der Waals surface area contributed by atoms with Gasteiger partial charge in [-0.05, 0) is 54.2 Å². The summed E-state index contributed by atoms with van der Waals surface area (Å²) in [5.74, 6) is -3.15. The van der Waals surface area contributed by atoms with Crippen LogP contribution in [0.25, 0.3) is 0 Å². The lowest BCUT2D eigenvalue weighted by molar-refractivity contribution is -0.229. The Hall–Kier alpha value is -1.88. The first-order chi connectivity index (χ1) is 11.1. The third kappa shape index (κ3) is 1.63. The van der Waals surface area contributed by atoms with Crippen molar-refractivity contribution in [1.82, 2.24) is 0 Å². The minimum Gasteiger partial charge on any atom is -0.478 e. The van der Waals surface area contributed by atoms with Crippen molar-refractivity contribution in [3.8, 4) is 0 Å². The zero-order chi connectivity index (χ0) is 17.5. The molecule has 0 aromatic heterocycles. The standard InChI is InChI=1S/C19H22O5/c1-17(2)11-6-7-18(17,3)14(9-11)19(23)13-8-10(15(20)21)4-5-12(13)16(22)24-19/h4-5,8,11,14,23H,6-7,9H2,1-3H3,(H,20,21)/t11-,14+,18-,19?/m1/s1. The van der Waals surface area contributed by atoms with Gasteiger partial charge in [-0.3, -0.25) is 0 Å². The zero-order valence-corrected chi connectivity index (χ0v) is 14.1. The monoisotopic (exact) mass is 330 g/mol. The number of esters is 1. The number of fused-ring (bicyclic) bond motifs is 3. The summed E-state index contributed by atoms with van der Waals surface area (Å²) >= 11 is 0. The van der Waals surface area contributed by atoms with Crippen molar-refractivity contribution >= 4 is 11.9 Å². The van der Waals surface area contributed by atoms with E-state index in [0.717, 1.165) is 19.3 Å².